The molecule has 0 fully saturated rings. The van der Waals surface area contributed by atoms with Crippen molar-refractivity contribution >= 4 is 23.2 Å². The van der Waals surface area contributed by atoms with Crippen molar-refractivity contribution in [2.45, 2.75) is 25.9 Å². The lowest BCUT2D eigenvalue weighted by atomic mass is 10.1. The second-order valence-corrected chi connectivity index (χ2v) is 5.94. The molecule has 1 amide bonds. The van der Waals surface area contributed by atoms with Gasteiger partial charge in [-0.15, -0.1) is 0 Å². The minimum atomic E-state index is -0.258. The summed E-state index contributed by atoms with van der Waals surface area (Å²) in [6.07, 6.45) is 0. The number of carbonyl (C=O) groups is 1. The van der Waals surface area contributed by atoms with Gasteiger partial charge in [-0.05, 0) is 44.2 Å². The summed E-state index contributed by atoms with van der Waals surface area (Å²) in [6, 6.07) is 16.4. The molecule has 0 saturated carbocycles. The molecule has 0 aliphatic carbocycles. The van der Waals surface area contributed by atoms with Gasteiger partial charge in [0, 0.05) is 16.3 Å². The summed E-state index contributed by atoms with van der Waals surface area (Å²) in [5, 5.41) is 14.4. The molecule has 0 aromatic heterocycles. The maximum atomic E-state index is 12.3. The van der Waals surface area contributed by atoms with Crippen molar-refractivity contribution < 1.29 is 10.1 Å². The fourth-order valence-corrected chi connectivity index (χ4v) is 2.45. The molecular formula is C18H19ClN3O+. The molecule has 0 unspecified atom stereocenters. The van der Waals surface area contributed by atoms with E-state index in [0.29, 0.717) is 16.3 Å². The highest BCUT2D eigenvalue weighted by Crippen LogP contribution is 2.14. The molecule has 2 aromatic rings. The first-order chi connectivity index (χ1) is 11.0. The molecule has 2 atom stereocenters. The number of nitrogens with one attached hydrogen (secondary N) is 1. The second-order valence-electron chi connectivity index (χ2n) is 5.50. The van der Waals surface area contributed by atoms with Gasteiger partial charge in [0.25, 0.3) is 5.91 Å². The smallest absolute Gasteiger partial charge is 0.282 e. The highest BCUT2D eigenvalue weighted by molar-refractivity contribution is 6.30. The topological polar surface area (TPSA) is 69.5 Å². The Bertz CT molecular complexity index is 722. The monoisotopic (exact) mass is 328 g/mol. The van der Waals surface area contributed by atoms with E-state index < -0.39 is 0 Å². The predicted molar refractivity (Wildman–Crippen MR) is 91.0 cm³/mol. The van der Waals surface area contributed by atoms with Gasteiger partial charge in [-0.25, -0.2) is 0 Å². The Morgan fingerprint density at radius 1 is 1.22 bits per heavy atom. The van der Waals surface area contributed by atoms with Gasteiger partial charge in [0.05, 0.1) is 11.6 Å². The van der Waals surface area contributed by atoms with Gasteiger partial charge in [0.15, 0.2) is 6.04 Å². The number of anilines is 1. The first-order valence-corrected chi connectivity index (χ1v) is 7.79. The number of quaternary nitrogens is 1. The van der Waals surface area contributed by atoms with Crippen LogP contribution in [0.25, 0.3) is 0 Å². The number of nitrogens with zero attached hydrogens (tertiary/aromatic N) is 1. The molecule has 0 saturated heterocycles. The van der Waals surface area contributed by atoms with Gasteiger partial charge in [0.2, 0.25) is 0 Å². The standard InChI is InChI=1S/C18H18ClN3O/c1-12(15-6-8-16(19)9-7-15)21-13(2)18(23)22-17-5-3-4-14(10-17)11-20/h3-10,12-13,21H,1-2H3,(H,22,23)/p+1/t12-,13-/m0/s1. The number of carbonyl (C=O) groups excluding carboxylic acids is 1. The van der Waals surface area contributed by atoms with E-state index in [4.69, 9.17) is 16.9 Å². The summed E-state index contributed by atoms with van der Waals surface area (Å²) in [5.41, 5.74) is 2.27. The van der Waals surface area contributed by atoms with E-state index in [1.165, 1.54) is 0 Å². The van der Waals surface area contributed by atoms with Crippen molar-refractivity contribution in [1.82, 2.24) is 0 Å². The van der Waals surface area contributed by atoms with E-state index in [1.54, 1.807) is 24.3 Å². The molecule has 0 aliphatic heterocycles. The normalized spacial score (nSPS) is 13.0. The molecule has 0 spiro atoms. The Kier molecular flexibility index (Phi) is 5.75. The largest absolute Gasteiger partial charge is 0.330 e. The first-order valence-electron chi connectivity index (χ1n) is 7.41. The minimum absolute atomic E-state index is 0.0964. The van der Waals surface area contributed by atoms with E-state index in [2.05, 4.69) is 11.4 Å². The first kappa shape index (κ1) is 17.0. The molecule has 118 valence electrons. The van der Waals surface area contributed by atoms with Gasteiger partial charge in [-0.3, -0.25) is 4.79 Å². The number of hydrogen-bond acceptors (Lipinski definition) is 2. The molecule has 2 aromatic carbocycles. The number of benzene rings is 2. The Balaban J connectivity index is 1.96. The van der Waals surface area contributed by atoms with Crippen molar-refractivity contribution in [3.05, 3.63) is 64.7 Å². The lowest BCUT2D eigenvalue weighted by Crippen LogP contribution is -2.91. The Morgan fingerprint density at radius 2 is 1.91 bits per heavy atom. The van der Waals surface area contributed by atoms with Crippen LogP contribution in [0.15, 0.2) is 48.5 Å². The van der Waals surface area contributed by atoms with Crippen molar-refractivity contribution in [3.63, 3.8) is 0 Å². The van der Waals surface area contributed by atoms with Gasteiger partial charge < -0.3 is 10.6 Å². The molecule has 3 N–H and O–H groups in total. The molecule has 0 bridgehead atoms. The van der Waals surface area contributed by atoms with Crippen LogP contribution in [-0.4, -0.2) is 11.9 Å². The van der Waals surface area contributed by atoms with Crippen LogP contribution in [0.4, 0.5) is 5.69 Å². The van der Waals surface area contributed by atoms with Crippen LogP contribution in [0.3, 0.4) is 0 Å². The molecule has 0 radical (unpaired) electrons. The maximum Gasteiger partial charge on any atom is 0.282 e. The number of nitrogens with two attached hydrogens (primary N) is 1. The van der Waals surface area contributed by atoms with Gasteiger partial charge in [-0.1, -0.05) is 29.8 Å². The van der Waals surface area contributed by atoms with Crippen LogP contribution < -0.4 is 10.6 Å². The van der Waals surface area contributed by atoms with E-state index in [-0.39, 0.29) is 18.0 Å². The third-order valence-corrected chi connectivity index (χ3v) is 3.90. The highest BCUT2D eigenvalue weighted by Gasteiger charge is 2.20. The number of nitriles is 1. The number of halogens is 1. The van der Waals surface area contributed by atoms with Crippen molar-refractivity contribution in [2.75, 3.05) is 5.32 Å². The minimum Gasteiger partial charge on any atom is -0.330 e. The number of hydrogen-bond donors (Lipinski definition) is 2. The lowest BCUT2D eigenvalue weighted by molar-refractivity contribution is -0.709. The average molecular weight is 329 g/mol. The molecule has 0 heterocycles. The SMILES string of the molecule is C[C@H]([NH2+][C@@H](C)c1ccc(Cl)cc1)C(=O)Nc1cccc(C#N)c1. The molecule has 0 aliphatic rings. The molecular weight excluding hydrogens is 310 g/mol. The predicted octanol–water partition coefficient (Wildman–Crippen LogP) is 2.86. The van der Waals surface area contributed by atoms with Crippen molar-refractivity contribution in [2.24, 2.45) is 0 Å². The summed E-state index contributed by atoms with van der Waals surface area (Å²) in [6.45, 7) is 3.90. The Labute approximate surface area is 141 Å². The third-order valence-electron chi connectivity index (χ3n) is 3.65. The second kappa shape index (κ2) is 7.77. The van der Waals surface area contributed by atoms with Gasteiger partial charge in [-0.2, -0.15) is 5.26 Å². The molecule has 4 nitrogen and oxygen atoms in total. The van der Waals surface area contributed by atoms with Crippen LogP contribution in [0.5, 0.6) is 0 Å². The zero-order valence-corrected chi connectivity index (χ0v) is 13.8. The zero-order valence-electron chi connectivity index (χ0n) is 13.1. The fraction of sp³-hybridized carbons (Fsp3) is 0.222. The van der Waals surface area contributed by atoms with E-state index in [1.807, 2.05) is 43.4 Å². The molecule has 2 rings (SSSR count). The zero-order chi connectivity index (χ0) is 16.8. The summed E-state index contributed by atoms with van der Waals surface area (Å²) >= 11 is 5.89. The highest BCUT2D eigenvalue weighted by atomic mass is 35.5. The molecule has 23 heavy (non-hydrogen) atoms. The number of rotatable bonds is 5. The summed E-state index contributed by atoms with van der Waals surface area (Å²) < 4.78 is 0. The van der Waals surface area contributed by atoms with Crippen LogP contribution in [0.2, 0.25) is 5.02 Å². The average Bonchev–Trinajstić information content (AvgIpc) is 2.55. The maximum absolute atomic E-state index is 12.3. The van der Waals surface area contributed by atoms with E-state index in [0.717, 1.165) is 5.56 Å². The Morgan fingerprint density at radius 3 is 2.57 bits per heavy atom. The fourth-order valence-electron chi connectivity index (χ4n) is 2.32. The number of amides is 1. The van der Waals surface area contributed by atoms with Crippen LogP contribution in [0, 0.1) is 11.3 Å². The van der Waals surface area contributed by atoms with E-state index >= 15 is 0 Å². The quantitative estimate of drug-likeness (QED) is 0.886. The van der Waals surface area contributed by atoms with Crippen LogP contribution in [-0.2, 0) is 4.79 Å². The third kappa shape index (κ3) is 4.82. The summed E-state index contributed by atoms with van der Waals surface area (Å²) in [7, 11) is 0. The van der Waals surface area contributed by atoms with Crippen molar-refractivity contribution in [3.8, 4) is 6.07 Å². The van der Waals surface area contributed by atoms with Crippen molar-refractivity contribution in [1.29, 1.82) is 5.26 Å². The van der Waals surface area contributed by atoms with Gasteiger partial charge in [0.1, 0.15) is 6.04 Å². The van der Waals surface area contributed by atoms with Gasteiger partial charge >= 0.3 is 0 Å². The summed E-state index contributed by atoms with van der Waals surface area (Å²) in [5.74, 6) is -0.0964. The summed E-state index contributed by atoms with van der Waals surface area (Å²) in [4.78, 5) is 12.3. The van der Waals surface area contributed by atoms with Crippen LogP contribution >= 0.6 is 11.6 Å². The Hall–Kier alpha value is -2.35. The van der Waals surface area contributed by atoms with E-state index in [9.17, 15) is 4.79 Å². The van der Waals surface area contributed by atoms with Crippen LogP contribution in [0.1, 0.15) is 31.0 Å². The molecule has 5 heteroatoms. The lowest BCUT2D eigenvalue weighted by Gasteiger charge is -2.17.